The summed E-state index contributed by atoms with van der Waals surface area (Å²) in [5.41, 5.74) is 0.967. The van der Waals surface area contributed by atoms with Crippen molar-refractivity contribution < 1.29 is 9.31 Å². The highest BCUT2D eigenvalue weighted by atomic mass is 79.9. The Morgan fingerprint density at radius 1 is 1.29 bits per heavy atom. The molecule has 0 heterocycles. The third-order valence-electron chi connectivity index (χ3n) is 2.70. The van der Waals surface area contributed by atoms with E-state index in [2.05, 4.69) is 37.2 Å². The van der Waals surface area contributed by atoms with Crippen LogP contribution in [-0.4, -0.2) is 4.92 Å². The van der Waals surface area contributed by atoms with E-state index in [9.17, 15) is 14.5 Å². The molecule has 0 aromatic heterocycles. The molecular formula is C13H8Br2ClFN2O2. The van der Waals surface area contributed by atoms with Gasteiger partial charge in [-0.05, 0) is 40.2 Å². The van der Waals surface area contributed by atoms with Crippen molar-refractivity contribution in [2.45, 2.75) is 6.54 Å². The van der Waals surface area contributed by atoms with Gasteiger partial charge in [-0.2, -0.15) is 0 Å². The zero-order valence-corrected chi connectivity index (χ0v) is 14.3. The van der Waals surface area contributed by atoms with Crippen LogP contribution in [0.4, 0.5) is 15.8 Å². The zero-order chi connectivity index (χ0) is 15.6. The minimum Gasteiger partial charge on any atom is -0.379 e. The van der Waals surface area contributed by atoms with Crippen LogP contribution in [0.3, 0.4) is 0 Å². The molecule has 21 heavy (non-hydrogen) atoms. The van der Waals surface area contributed by atoms with Crippen molar-refractivity contribution in [3.63, 3.8) is 0 Å². The molecule has 0 saturated carbocycles. The standard InChI is InChI=1S/C13H8Br2ClFN2O2/c14-8-1-2-12(19(20)21)7(3-8)6-18-13-10(15)4-9(17)5-11(13)16/h1-5,18H,6H2. The number of hydrogen-bond donors (Lipinski definition) is 1. The quantitative estimate of drug-likeness (QED) is 0.505. The second-order valence-electron chi connectivity index (χ2n) is 4.13. The molecule has 4 nitrogen and oxygen atoms in total. The minimum atomic E-state index is -0.467. The molecule has 0 unspecified atom stereocenters. The average Bonchev–Trinajstić information content (AvgIpc) is 2.37. The van der Waals surface area contributed by atoms with Crippen LogP contribution in [0.25, 0.3) is 0 Å². The van der Waals surface area contributed by atoms with E-state index < -0.39 is 10.7 Å². The second kappa shape index (κ2) is 6.72. The van der Waals surface area contributed by atoms with Crippen LogP contribution in [0.2, 0.25) is 5.02 Å². The molecule has 1 N–H and O–H groups in total. The maximum absolute atomic E-state index is 13.2. The number of nitro benzene ring substituents is 1. The van der Waals surface area contributed by atoms with Crippen LogP contribution < -0.4 is 5.32 Å². The number of benzene rings is 2. The van der Waals surface area contributed by atoms with Gasteiger partial charge in [0.25, 0.3) is 5.69 Å². The van der Waals surface area contributed by atoms with Gasteiger partial charge in [-0.1, -0.05) is 27.5 Å². The van der Waals surface area contributed by atoms with Crippen molar-refractivity contribution in [2.24, 2.45) is 0 Å². The van der Waals surface area contributed by atoms with Gasteiger partial charge in [-0.25, -0.2) is 4.39 Å². The Kier molecular flexibility index (Phi) is 5.18. The first-order valence-corrected chi connectivity index (χ1v) is 7.66. The fourth-order valence-electron chi connectivity index (χ4n) is 1.77. The van der Waals surface area contributed by atoms with Crippen LogP contribution >= 0.6 is 43.5 Å². The number of anilines is 1. The Morgan fingerprint density at radius 2 is 2.00 bits per heavy atom. The van der Waals surface area contributed by atoms with Crippen LogP contribution in [0.1, 0.15) is 5.56 Å². The molecule has 8 heteroatoms. The van der Waals surface area contributed by atoms with Gasteiger partial charge < -0.3 is 5.32 Å². The summed E-state index contributed by atoms with van der Waals surface area (Å²) in [7, 11) is 0. The first-order chi connectivity index (χ1) is 9.88. The third-order valence-corrected chi connectivity index (χ3v) is 4.12. The van der Waals surface area contributed by atoms with Crippen molar-refractivity contribution in [3.8, 4) is 0 Å². The molecular weight excluding hydrogens is 430 g/mol. The predicted molar refractivity (Wildman–Crippen MR) is 87.2 cm³/mol. The number of nitrogens with one attached hydrogen (secondary N) is 1. The lowest BCUT2D eigenvalue weighted by atomic mass is 10.1. The van der Waals surface area contributed by atoms with Gasteiger partial charge in [-0.15, -0.1) is 0 Å². The molecule has 0 spiro atoms. The van der Waals surface area contributed by atoms with Gasteiger partial charge in [0.15, 0.2) is 0 Å². The number of hydrogen-bond acceptors (Lipinski definition) is 3. The first kappa shape index (κ1) is 16.2. The van der Waals surface area contributed by atoms with Crippen molar-refractivity contribution in [3.05, 3.63) is 65.8 Å². The lowest BCUT2D eigenvalue weighted by Crippen LogP contribution is -2.04. The van der Waals surface area contributed by atoms with Gasteiger partial charge in [-0.3, -0.25) is 10.1 Å². The smallest absolute Gasteiger partial charge is 0.274 e. The molecule has 0 radical (unpaired) electrons. The Morgan fingerprint density at radius 3 is 2.62 bits per heavy atom. The number of halogens is 4. The Bertz CT molecular complexity index is 690. The van der Waals surface area contributed by atoms with E-state index >= 15 is 0 Å². The summed E-state index contributed by atoms with van der Waals surface area (Å²) in [5.74, 6) is -0.467. The minimum absolute atomic E-state index is 0.0000524. The van der Waals surface area contributed by atoms with Gasteiger partial charge in [0.05, 0.1) is 15.6 Å². The SMILES string of the molecule is O=[N+]([O-])c1ccc(Br)cc1CNc1c(Cl)cc(F)cc1Br. The lowest BCUT2D eigenvalue weighted by Gasteiger charge is -2.11. The van der Waals surface area contributed by atoms with Crippen molar-refractivity contribution >= 4 is 54.8 Å². The highest BCUT2D eigenvalue weighted by molar-refractivity contribution is 9.10. The lowest BCUT2D eigenvalue weighted by molar-refractivity contribution is -0.385. The Balaban J connectivity index is 2.28. The van der Waals surface area contributed by atoms with Crippen LogP contribution in [-0.2, 0) is 6.54 Å². The molecule has 110 valence electrons. The van der Waals surface area contributed by atoms with Crippen LogP contribution in [0.5, 0.6) is 0 Å². The fourth-order valence-corrected chi connectivity index (χ4v) is 3.14. The summed E-state index contributed by atoms with van der Waals surface area (Å²) in [6.07, 6.45) is 0. The van der Waals surface area contributed by atoms with E-state index in [0.29, 0.717) is 15.7 Å². The molecule has 0 bridgehead atoms. The highest BCUT2D eigenvalue weighted by Crippen LogP contribution is 2.33. The summed E-state index contributed by atoms with van der Waals surface area (Å²) in [6.45, 7) is 0.180. The molecule has 2 aromatic carbocycles. The number of rotatable bonds is 4. The number of nitrogens with zero attached hydrogens (tertiary/aromatic N) is 1. The summed E-state index contributed by atoms with van der Waals surface area (Å²) in [6, 6.07) is 7.11. The third kappa shape index (κ3) is 3.93. The summed E-state index contributed by atoms with van der Waals surface area (Å²) >= 11 is 12.4. The molecule has 0 atom stereocenters. The Hall–Kier alpha value is -1.18. The van der Waals surface area contributed by atoms with E-state index in [1.54, 1.807) is 12.1 Å². The first-order valence-electron chi connectivity index (χ1n) is 5.69. The topological polar surface area (TPSA) is 55.2 Å². The molecule has 0 fully saturated rings. The maximum Gasteiger partial charge on any atom is 0.274 e. The van der Waals surface area contributed by atoms with Crippen molar-refractivity contribution in [1.29, 1.82) is 0 Å². The molecule has 2 rings (SSSR count). The highest BCUT2D eigenvalue weighted by Gasteiger charge is 2.15. The molecule has 0 amide bonds. The average molecular weight is 438 g/mol. The fraction of sp³-hybridized carbons (Fsp3) is 0.0769. The monoisotopic (exact) mass is 436 g/mol. The maximum atomic E-state index is 13.2. The van der Waals surface area contributed by atoms with E-state index in [1.807, 2.05) is 0 Å². The van der Waals surface area contributed by atoms with E-state index in [0.717, 1.165) is 4.47 Å². The summed E-state index contributed by atoms with van der Waals surface area (Å²) < 4.78 is 14.3. The van der Waals surface area contributed by atoms with Crippen LogP contribution in [0, 0.1) is 15.9 Å². The molecule has 0 aliphatic rings. The second-order valence-corrected chi connectivity index (χ2v) is 6.31. The Labute approximate surface area is 141 Å². The summed E-state index contributed by atoms with van der Waals surface area (Å²) in [5, 5.41) is 14.2. The van der Waals surface area contributed by atoms with E-state index in [-0.39, 0.29) is 17.3 Å². The van der Waals surface area contributed by atoms with Crippen molar-refractivity contribution in [2.75, 3.05) is 5.32 Å². The van der Waals surface area contributed by atoms with Crippen LogP contribution in [0.15, 0.2) is 39.3 Å². The zero-order valence-electron chi connectivity index (χ0n) is 10.4. The molecule has 0 aliphatic carbocycles. The van der Waals surface area contributed by atoms with Gasteiger partial charge in [0.2, 0.25) is 0 Å². The summed E-state index contributed by atoms with van der Waals surface area (Å²) in [4.78, 5) is 10.5. The van der Waals surface area contributed by atoms with Gasteiger partial charge in [0, 0.05) is 27.1 Å². The largest absolute Gasteiger partial charge is 0.379 e. The number of nitro groups is 1. The van der Waals surface area contributed by atoms with E-state index in [4.69, 9.17) is 11.6 Å². The predicted octanol–water partition coefficient (Wildman–Crippen LogP) is 5.52. The van der Waals surface area contributed by atoms with Crippen molar-refractivity contribution in [1.82, 2.24) is 0 Å². The normalized spacial score (nSPS) is 10.5. The molecule has 0 aliphatic heterocycles. The van der Waals surface area contributed by atoms with Gasteiger partial charge in [0.1, 0.15) is 5.82 Å². The van der Waals surface area contributed by atoms with E-state index in [1.165, 1.54) is 18.2 Å². The van der Waals surface area contributed by atoms with Gasteiger partial charge >= 0.3 is 0 Å². The molecule has 2 aromatic rings. The molecule has 0 saturated heterocycles.